The molecule has 166 valence electrons. The van der Waals surface area contributed by atoms with Gasteiger partial charge in [-0.05, 0) is 41.8 Å². The van der Waals surface area contributed by atoms with Crippen LogP contribution in [0, 0.1) is 5.82 Å². The molecule has 1 fully saturated rings. The van der Waals surface area contributed by atoms with Crippen molar-refractivity contribution in [1.29, 1.82) is 0 Å². The quantitative estimate of drug-likeness (QED) is 0.604. The molecule has 1 amide bonds. The maximum absolute atomic E-state index is 14.6. The lowest BCUT2D eigenvalue weighted by Gasteiger charge is -2.26. The third-order valence-electron chi connectivity index (χ3n) is 5.24. The third-order valence-corrected chi connectivity index (χ3v) is 5.24. The number of morpholine rings is 1. The Balaban J connectivity index is 1.56. The molecule has 0 bridgehead atoms. The number of Topliss-reactive ketones (excluding diaryl/α,β-unsaturated/α-hetero) is 1. The second-order valence-electron chi connectivity index (χ2n) is 7.41. The summed E-state index contributed by atoms with van der Waals surface area (Å²) >= 11 is 0. The van der Waals surface area contributed by atoms with Crippen LogP contribution >= 0.6 is 0 Å². The van der Waals surface area contributed by atoms with Crippen molar-refractivity contribution in [3.8, 4) is 17.2 Å². The Hall–Kier alpha value is -2.93. The van der Waals surface area contributed by atoms with Gasteiger partial charge < -0.3 is 19.1 Å². The van der Waals surface area contributed by atoms with E-state index in [0.717, 1.165) is 12.0 Å². The number of methoxy groups -OCH3 is 1. The Morgan fingerprint density at radius 2 is 1.71 bits per heavy atom. The number of ketones is 1. The van der Waals surface area contributed by atoms with Gasteiger partial charge in [0.15, 0.2) is 23.1 Å². The second kappa shape index (κ2) is 10.9. The van der Waals surface area contributed by atoms with Gasteiger partial charge in [0.05, 0.1) is 20.3 Å². The smallest absolute Gasteiger partial charge is 0.223 e. The van der Waals surface area contributed by atoms with E-state index in [0.29, 0.717) is 43.4 Å². The maximum atomic E-state index is 14.6. The molecule has 0 aromatic heterocycles. The van der Waals surface area contributed by atoms with Crippen molar-refractivity contribution in [2.45, 2.75) is 32.6 Å². The van der Waals surface area contributed by atoms with Crippen LogP contribution < -0.4 is 9.47 Å². The summed E-state index contributed by atoms with van der Waals surface area (Å²) in [5.74, 6) is 0.297. The number of carbonyl (C=O) groups excluding carboxylic acids is 2. The Kier molecular flexibility index (Phi) is 8.00. The highest BCUT2D eigenvalue weighted by molar-refractivity contribution is 5.86. The zero-order valence-corrected chi connectivity index (χ0v) is 18.0. The molecular formula is C24H28FNO5. The average molecular weight is 429 g/mol. The molecule has 0 unspecified atom stereocenters. The van der Waals surface area contributed by atoms with E-state index in [4.69, 9.17) is 14.2 Å². The number of carbonyl (C=O) groups is 2. The molecule has 1 aliphatic rings. The van der Waals surface area contributed by atoms with Crippen LogP contribution in [0.3, 0.4) is 0 Å². The Bertz CT molecular complexity index is 924. The van der Waals surface area contributed by atoms with Crippen molar-refractivity contribution in [3.05, 3.63) is 53.3 Å². The second-order valence-corrected chi connectivity index (χ2v) is 7.41. The number of benzene rings is 2. The van der Waals surface area contributed by atoms with Crippen LogP contribution in [0.25, 0.3) is 0 Å². The van der Waals surface area contributed by atoms with E-state index in [2.05, 4.69) is 0 Å². The fourth-order valence-electron chi connectivity index (χ4n) is 3.41. The fourth-order valence-corrected chi connectivity index (χ4v) is 3.41. The summed E-state index contributed by atoms with van der Waals surface area (Å²) in [6.45, 7) is 4.22. The highest BCUT2D eigenvalue weighted by Crippen LogP contribution is 2.34. The van der Waals surface area contributed by atoms with Crippen molar-refractivity contribution in [2.75, 3.05) is 33.4 Å². The van der Waals surface area contributed by atoms with E-state index in [1.54, 1.807) is 17.0 Å². The summed E-state index contributed by atoms with van der Waals surface area (Å²) in [4.78, 5) is 26.1. The Morgan fingerprint density at radius 3 is 2.39 bits per heavy atom. The number of amides is 1. The van der Waals surface area contributed by atoms with Crippen molar-refractivity contribution in [1.82, 2.24) is 4.90 Å². The molecule has 3 rings (SSSR count). The summed E-state index contributed by atoms with van der Waals surface area (Å²) < 4.78 is 30.8. The first-order valence-electron chi connectivity index (χ1n) is 10.5. The molecule has 0 N–H and O–H groups in total. The lowest BCUT2D eigenvalue weighted by Crippen LogP contribution is -2.40. The average Bonchev–Trinajstić information content (AvgIpc) is 2.80. The molecule has 1 heterocycles. The highest BCUT2D eigenvalue weighted by Gasteiger charge is 2.18. The van der Waals surface area contributed by atoms with Crippen molar-refractivity contribution in [3.63, 3.8) is 0 Å². The van der Waals surface area contributed by atoms with Crippen LogP contribution in [-0.2, 0) is 27.2 Å². The van der Waals surface area contributed by atoms with E-state index in [1.165, 1.54) is 19.2 Å². The van der Waals surface area contributed by atoms with Gasteiger partial charge in [0.1, 0.15) is 5.78 Å². The van der Waals surface area contributed by atoms with Gasteiger partial charge in [-0.2, -0.15) is 0 Å². The predicted molar refractivity (Wildman–Crippen MR) is 114 cm³/mol. The van der Waals surface area contributed by atoms with Gasteiger partial charge in [-0.1, -0.05) is 19.1 Å². The first kappa shape index (κ1) is 22.7. The molecule has 1 saturated heterocycles. The van der Waals surface area contributed by atoms with Gasteiger partial charge >= 0.3 is 0 Å². The van der Waals surface area contributed by atoms with Crippen molar-refractivity contribution in [2.24, 2.45) is 0 Å². The minimum atomic E-state index is -0.559. The Labute approximate surface area is 181 Å². The molecule has 0 radical (unpaired) electrons. The largest absolute Gasteiger partial charge is 0.493 e. The fraction of sp³-hybridized carbons (Fsp3) is 0.417. The molecule has 7 heteroatoms. The Morgan fingerprint density at radius 1 is 1.00 bits per heavy atom. The summed E-state index contributed by atoms with van der Waals surface area (Å²) in [7, 11) is 1.54. The zero-order valence-electron chi connectivity index (χ0n) is 18.0. The standard InChI is InChI=1S/C24H28FNO5/c1-3-17-4-8-22(23(16-17)29-2)31-21-7-5-18(15-20(21)25)14-19(27)6-9-24(28)26-10-12-30-13-11-26/h4-5,7-8,15-16H,3,6,9-14H2,1-2H3. The molecular weight excluding hydrogens is 401 g/mol. The topological polar surface area (TPSA) is 65.1 Å². The van der Waals surface area contributed by atoms with Gasteiger partial charge in [0.2, 0.25) is 5.91 Å². The van der Waals surface area contributed by atoms with Crippen LogP contribution in [0.4, 0.5) is 4.39 Å². The van der Waals surface area contributed by atoms with Crippen molar-refractivity contribution >= 4 is 11.7 Å². The van der Waals surface area contributed by atoms with E-state index in [1.807, 2.05) is 19.1 Å². The summed E-state index contributed by atoms with van der Waals surface area (Å²) in [5.41, 5.74) is 1.63. The van der Waals surface area contributed by atoms with Gasteiger partial charge in [-0.3, -0.25) is 9.59 Å². The maximum Gasteiger partial charge on any atom is 0.223 e. The normalized spacial score (nSPS) is 13.7. The summed E-state index contributed by atoms with van der Waals surface area (Å²) in [5, 5.41) is 0. The van der Waals surface area contributed by atoms with Gasteiger partial charge in [-0.25, -0.2) is 4.39 Å². The van der Waals surface area contributed by atoms with Crippen LogP contribution in [0.2, 0.25) is 0 Å². The van der Waals surface area contributed by atoms with Crippen LogP contribution in [0.15, 0.2) is 36.4 Å². The number of halogens is 1. The van der Waals surface area contributed by atoms with E-state index in [-0.39, 0.29) is 36.7 Å². The number of hydrogen-bond acceptors (Lipinski definition) is 5. The monoisotopic (exact) mass is 429 g/mol. The van der Waals surface area contributed by atoms with Crippen molar-refractivity contribution < 1.29 is 28.2 Å². The lowest BCUT2D eigenvalue weighted by molar-refractivity contribution is -0.136. The molecule has 6 nitrogen and oxygen atoms in total. The number of hydrogen-bond donors (Lipinski definition) is 0. The van der Waals surface area contributed by atoms with Gasteiger partial charge in [0.25, 0.3) is 0 Å². The van der Waals surface area contributed by atoms with Crippen LogP contribution in [0.5, 0.6) is 17.2 Å². The minimum absolute atomic E-state index is 0.0467. The molecule has 2 aromatic rings. The summed E-state index contributed by atoms with van der Waals surface area (Å²) in [6, 6.07) is 9.97. The number of ether oxygens (including phenoxy) is 3. The molecule has 31 heavy (non-hydrogen) atoms. The first-order chi connectivity index (χ1) is 15.0. The molecule has 0 aliphatic carbocycles. The van der Waals surface area contributed by atoms with Crippen LogP contribution in [-0.4, -0.2) is 50.0 Å². The van der Waals surface area contributed by atoms with Gasteiger partial charge in [-0.15, -0.1) is 0 Å². The van der Waals surface area contributed by atoms with Crippen LogP contribution in [0.1, 0.15) is 30.9 Å². The first-order valence-corrected chi connectivity index (χ1v) is 10.5. The predicted octanol–water partition coefficient (Wildman–Crippen LogP) is 3.94. The molecule has 0 spiro atoms. The van der Waals surface area contributed by atoms with E-state index >= 15 is 0 Å². The lowest BCUT2D eigenvalue weighted by atomic mass is 10.0. The van der Waals surface area contributed by atoms with E-state index < -0.39 is 5.82 Å². The molecule has 0 atom stereocenters. The number of aryl methyl sites for hydroxylation is 1. The summed E-state index contributed by atoms with van der Waals surface area (Å²) in [6.07, 6.45) is 1.22. The van der Waals surface area contributed by atoms with E-state index in [9.17, 15) is 14.0 Å². The highest BCUT2D eigenvalue weighted by atomic mass is 19.1. The minimum Gasteiger partial charge on any atom is -0.493 e. The SMILES string of the molecule is CCc1ccc(Oc2ccc(CC(=O)CCC(=O)N3CCOCC3)cc2F)c(OC)c1. The molecule has 0 saturated carbocycles. The van der Waals surface area contributed by atoms with Gasteiger partial charge in [0, 0.05) is 32.4 Å². The number of rotatable bonds is 9. The molecule has 1 aliphatic heterocycles. The number of nitrogens with zero attached hydrogens (tertiary/aromatic N) is 1. The zero-order chi connectivity index (χ0) is 22.2. The third kappa shape index (κ3) is 6.28. The molecule has 2 aromatic carbocycles.